The number of aryl methyl sites for hydroxylation is 1. The number of nitrogens with one attached hydrogen (secondary N) is 1. The molecule has 1 aliphatic carbocycles. The Hall–Kier alpha value is -1.88. The quantitative estimate of drug-likeness (QED) is 0.796. The molecule has 1 fully saturated rings. The van der Waals surface area contributed by atoms with Crippen LogP contribution < -0.4 is 5.32 Å². The third-order valence-corrected chi connectivity index (χ3v) is 4.65. The molecule has 20 heavy (non-hydrogen) atoms. The van der Waals surface area contributed by atoms with Gasteiger partial charge in [0, 0.05) is 11.4 Å². The van der Waals surface area contributed by atoms with Gasteiger partial charge in [-0.1, -0.05) is 0 Å². The second kappa shape index (κ2) is 4.59. The first kappa shape index (κ1) is 11.9. The number of aromatic nitrogens is 3. The number of hydrogen-bond donors (Lipinski definition) is 1. The summed E-state index contributed by atoms with van der Waals surface area (Å²) < 4.78 is 1.93. The number of imidazole rings is 1. The van der Waals surface area contributed by atoms with Crippen LogP contribution in [-0.2, 0) is 0 Å². The van der Waals surface area contributed by atoms with E-state index < -0.39 is 0 Å². The predicted molar refractivity (Wildman–Crippen MR) is 82.3 cm³/mol. The van der Waals surface area contributed by atoms with Crippen LogP contribution in [0.4, 0.5) is 5.82 Å². The molecule has 3 heterocycles. The maximum atomic E-state index is 4.67. The van der Waals surface area contributed by atoms with Crippen molar-refractivity contribution in [2.45, 2.75) is 19.8 Å². The third kappa shape index (κ3) is 2.18. The van der Waals surface area contributed by atoms with Crippen LogP contribution in [0, 0.1) is 12.8 Å². The lowest BCUT2D eigenvalue weighted by atomic mass is 10.3. The molecule has 4 rings (SSSR count). The van der Waals surface area contributed by atoms with Gasteiger partial charge in [0.15, 0.2) is 5.65 Å². The summed E-state index contributed by atoms with van der Waals surface area (Å²) in [6, 6.07) is 8.30. The highest BCUT2D eigenvalue weighted by atomic mass is 32.1. The van der Waals surface area contributed by atoms with Crippen molar-refractivity contribution in [1.82, 2.24) is 14.6 Å². The fraction of sp³-hybridized carbons (Fsp3) is 0.333. The van der Waals surface area contributed by atoms with Crippen LogP contribution in [0.5, 0.6) is 0 Å². The van der Waals surface area contributed by atoms with Gasteiger partial charge in [0.1, 0.15) is 11.5 Å². The predicted octanol–water partition coefficient (Wildman–Crippen LogP) is 3.59. The van der Waals surface area contributed by atoms with E-state index in [1.54, 1.807) is 11.3 Å². The van der Waals surface area contributed by atoms with Gasteiger partial charge in [-0.2, -0.15) is 0 Å². The van der Waals surface area contributed by atoms with Crippen molar-refractivity contribution in [3.8, 4) is 10.6 Å². The minimum atomic E-state index is 0.842. The van der Waals surface area contributed by atoms with Crippen LogP contribution in [0.25, 0.3) is 16.2 Å². The van der Waals surface area contributed by atoms with Gasteiger partial charge in [-0.3, -0.25) is 0 Å². The number of rotatable bonds is 4. The lowest BCUT2D eigenvalue weighted by Gasteiger charge is -2.05. The number of nitrogens with zero attached hydrogens (tertiary/aromatic N) is 3. The van der Waals surface area contributed by atoms with E-state index in [1.807, 2.05) is 22.8 Å². The fourth-order valence-electron chi connectivity index (χ4n) is 2.28. The zero-order chi connectivity index (χ0) is 13.5. The smallest absolute Gasteiger partial charge is 0.154 e. The first-order valence-electron chi connectivity index (χ1n) is 6.95. The maximum absolute atomic E-state index is 4.67. The molecule has 0 atom stereocenters. The van der Waals surface area contributed by atoms with Gasteiger partial charge < -0.3 is 5.32 Å². The summed E-state index contributed by atoms with van der Waals surface area (Å²) in [4.78, 5) is 6.95. The minimum absolute atomic E-state index is 0.842. The highest BCUT2D eigenvalue weighted by Gasteiger charge is 2.20. The van der Waals surface area contributed by atoms with Gasteiger partial charge in [0.2, 0.25) is 0 Å². The van der Waals surface area contributed by atoms with Crippen LogP contribution in [0.1, 0.15) is 17.7 Å². The minimum Gasteiger partial charge on any atom is -0.368 e. The third-order valence-electron chi connectivity index (χ3n) is 3.62. The SMILES string of the molecule is Cc1ccc(-c2cnc3ccc(NCC4CC4)nn23)s1. The molecular formula is C15H16N4S. The summed E-state index contributed by atoms with van der Waals surface area (Å²) in [6.45, 7) is 3.15. The topological polar surface area (TPSA) is 42.2 Å². The zero-order valence-electron chi connectivity index (χ0n) is 11.3. The van der Waals surface area contributed by atoms with E-state index in [0.29, 0.717) is 0 Å². The lowest BCUT2D eigenvalue weighted by Crippen LogP contribution is -2.07. The van der Waals surface area contributed by atoms with Gasteiger partial charge >= 0.3 is 0 Å². The summed E-state index contributed by atoms with van der Waals surface area (Å²) >= 11 is 1.77. The second-order valence-electron chi connectivity index (χ2n) is 5.37. The van der Waals surface area contributed by atoms with E-state index >= 15 is 0 Å². The molecular weight excluding hydrogens is 268 g/mol. The first-order valence-corrected chi connectivity index (χ1v) is 7.77. The van der Waals surface area contributed by atoms with Gasteiger partial charge in [0.05, 0.1) is 11.1 Å². The van der Waals surface area contributed by atoms with Crippen LogP contribution in [0.15, 0.2) is 30.5 Å². The van der Waals surface area contributed by atoms with Crippen LogP contribution in [-0.4, -0.2) is 21.1 Å². The molecule has 102 valence electrons. The largest absolute Gasteiger partial charge is 0.368 e. The highest BCUT2D eigenvalue weighted by molar-refractivity contribution is 7.15. The van der Waals surface area contributed by atoms with E-state index in [-0.39, 0.29) is 0 Å². The van der Waals surface area contributed by atoms with Crippen molar-refractivity contribution in [1.29, 1.82) is 0 Å². The molecule has 0 amide bonds. The van der Waals surface area contributed by atoms with E-state index in [2.05, 4.69) is 34.5 Å². The summed E-state index contributed by atoms with van der Waals surface area (Å²) in [5.74, 6) is 1.77. The molecule has 0 aromatic carbocycles. The van der Waals surface area contributed by atoms with Crippen molar-refractivity contribution in [2.24, 2.45) is 5.92 Å². The Kier molecular flexibility index (Phi) is 2.73. The molecule has 3 aromatic rings. The Morgan fingerprint density at radius 2 is 2.20 bits per heavy atom. The molecule has 0 saturated heterocycles. The second-order valence-corrected chi connectivity index (χ2v) is 6.65. The fourth-order valence-corrected chi connectivity index (χ4v) is 3.14. The Morgan fingerprint density at radius 3 is 2.95 bits per heavy atom. The summed E-state index contributed by atoms with van der Waals surface area (Å²) in [5, 5.41) is 8.09. The van der Waals surface area contributed by atoms with Crippen LogP contribution >= 0.6 is 11.3 Å². The molecule has 0 aliphatic heterocycles. The van der Waals surface area contributed by atoms with Crippen molar-refractivity contribution >= 4 is 22.8 Å². The molecule has 4 nitrogen and oxygen atoms in total. The van der Waals surface area contributed by atoms with Gasteiger partial charge in [-0.05, 0) is 49.9 Å². The van der Waals surface area contributed by atoms with Crippen molar-refractivity contribution in [3.05, 3.63) is 35.3 Å². The number of thiophene rings is 1. The molecule has 5 heteroatoms. The Morgan fingerprint density at radius 1 is 1.30 bits per heavy atom. The summed E-state index contributed by atoms with van der Waals surface area (Å²) in [6.07, 6.45) is 4.60. The van der Waals surface area contributed by atoms with Gasteiger partial charge in [-0.15, -0.1) is 16.4 Å². The molecule has 0 radical (unpaired) electrons. The van der Waals surface area contributed by atoms with Gasteiger partial charge in [0.25, 0.3) is 0 Å². The maximum Gasteiger partial charge on any atom is 0.154 e. The van der Waals surface area contributed by atoms with Crippen molar-refractivity contribution in [2.75, 3.05) is 11.9 Å². The Labute approximate surface area is 121 Å². The zero-order valence-corrected chi connectivity index (χ0v) is 12.2. The van der Waals surface area contributed by atoms with Crippen molar-refractivity contribution < 1.29 is 0 Å². The summed E-state index contributed by atoms with van der Waals surface area (Å²) in [7, 11) is 0. The molecule has 0 unspecified atom stereocenters. The molecule has 1 aliphatic rings. The molecule has 1 saturated carbocycles. The number of hydrogen-bond acceptors (Lipinski definition) is 4. The standard InChI is InChI=1S/C15H16N4S/c1-10-2-5-13(20-10)12-9-17-15-7-6-14(18-19(12)15)16-8-11-3-4-11/h2,5-7,9,11H,3-4,8H2,1H3,(H,16,18). The molecule has 3 aromatic heterocycles. The highest BCUT2D eigenvalue weighted by Crippen LogP contribution is 2.30. The summed E-state index contributed by atoms with van der Waals surface area (Å²) in [5.41, 5.74) is 1.95. The Bertz CT molecular complexity index is 754. The van der Waals surface area contributed by atoms with E-state index in [4.69, 9.17) is 0 Å². The van der Waals surface area contributed by atoms with Crippen LogP contribution in [0.2, 0.25) is 0 Å². The Balaban J connectivity index is 1.71. The van der Waals surface area contributed by atoms with Gasteiger partial charge in [-0.25, -0.2) is 9.50 Å². The number of fused-ring (bicyclic) bond motifs is 1. The van der Waals surface area contributed by atoms with Crippen molar-refractivity contribution in [3.63, 3.8) is 0 Å². The van der Waals surface area contributed by atoms with E-state index in [0.717, 1.165) is 29.6 Å². The first-order chi connectivity index (χ1) is 9.79. The molecule has 0 bridgehead atoms. The lowest BCUT2D eigenvalue weighted by molar-refractivity contribution is 0.862. The van der Waals surface area contributed by atoms with E-state index in [9.17, 15) is 0 Å². The number of anilines is 1. The normalized spacial score (nSPS) is 14.8. The molecule has 0 spiro atoms. The molecule has 1 N–H and O–H groups in total. The average Bonchev–Trinajstić information content (AvgIpc) is 3.04. The average molecular weight is 284 g/mol. The van der Waals surface area contributed by atoms with E-state index in [1.165, 1.54) is 22.6 Å². The monoisotopic (exact) mass is 284 g/mol. The van der Waals surface area contributed by atoms with Crippen LogP contribution in [0.3, 0.4) is 0 Å².